The molecule has 0 bridgehead atoms. The van der Waals surface area contributed by atoms with Crippen molar-refractivity contribution >= 4 is 27.3 Å². The van der Waals surface area contributed by atoms with Crippen LogP contribution in [0.3, 0.4) is 0 Å². The lowest BCUT2D eigenvalue weighted by Crippen LogP contribution is -2.44. The minimum atomic E-state index is -1.00. The number of fused-ring (bicyclic) bond motifs is 1. The van der Waals surface area contributed by atoms with Crippen LogP contribution < -0.4 is 5.32 Å². The molecule has 1 amide bonds. The fraction of sp³-hybridized carbons (Fsp3) is 0.471. The number of methoxy groups -OCH3 is 1. The Bertz CT molecular complexity index is 709. The summed E-state index contributed by atoms with van der Waals surface area (Å²) in [5.74, 6) is -0.682. The minimum absolute atomic E-state index is 0.00102. The standard InChI is InChI=1S/C17H22FNO3S/c1-10(2)17(3,21)9-19-16(20)15-11(8-22-4)14-12(18)6-5-7-13(14)23-15/h5-7,10,21H,8-9H2,1-4H3,(H,19,20). The molecule has 1 unspecified atom stereocenters. The van der Waals surface area contributed by atoms with Crippen molar-refractivity contribution in [3.05, 3.63) is 34.5 Å². The van der Waals surface area contributed by atoms with Gasteiger partial charge in [0.2, 0.25) is 0 Å². The van der Waals surface area contributed by atoms with Gasteiger partial charge < -0.3 is 15.2 Å². The van der Waals surface area contributed by atoms with Gasteiger partial charge in [-0.2, -0.15) is 0 Å². The predicted octanol–water partition coefficient (Wildman–Crippen LogP) is 3.32. The van der Waals surface area contributed by atoms with Gasteiger partial charge in [0, 0.05) is 29.3 Å². The molecule has 0 aliphatic heterocycles. The van der Waals surface area contributed by atoms with E-state index in [0.29, 0.717) is 20.5 Å². The number of halogens is 1. The number of amides is 1. The van der Waals surface area contributed by atoms with Crippen molar-refractivity contribution in [3.63, 3.8) is 0 Å². The molecule has 1 aromatic heterocycles. The van der Waals surface area contributed by atoms with Crippen LogP contribution in [0.25, 0.3) is 10.1 Å². The van der Waals surface area contributed by atoms with E-state index in [9.17, 15) is 14.3 Å². The normalized spacial score (nSPS) is 14.2. The Balaban J connectivity index is 2.33. The van der Waals surface area contributed by atoms with E-state index < -0.39 is 5.60 Å². The molecule has 126 valence electrons. The van der Waals surface area contributed by atoms with Crippen molar-refractivity contribution in [2.45, 2.75) is 33.0 Å². The summed E-state index contributed by atoms with van der Waals surface area (Å²) in [4.78, 5) is 12.9. The van der Waals surface area contributed by atoms with Crippen LogP contribution in [0.2, 0.25) is 0 Å². The molecule has 0 saturated heterocycles. The second kappa shape index (κ2) is 6.95. The van der Waals surface area contributed by atoms with Crippen LogP contribution >= 0.6 is 11.3 Å². The van der Waals surface area contributed by atoms with Crippen molar-refractivity contribution in [1.29, 1.82) is 0 Å². The van der Waals surface area contributed by atoms with Crippen LogP contribution in [0.15, 0.2) is 18.2 Å². The first-order chi connectivity index (χ1) is 10.8. The second-order valence-electron chi connectivity index (χ2n) is 6.15. The van der Waals surface area contributed by atoms with Gasteiger partial charge in [-0.1, -0.05) is 19.9 Å². The van der Waals surface area contributed by atoms with Crippen molar-refractivity contribution in [3.8, 4) is 0 Å². The molecule has 0 aliphatic rings. The number of carbonyl (C=O) groups excluding carboxylic acids is 1. The summed E-state index contributed by atoms with van der Waals surface area (Å²) in [5, 5.41) is 13.4. The Morgan fingerprint density at radius 1 is 1.48 bits per heavy atom. The highest BCUT2D eigenvalue weighted by atomic mass is 32.1. The number of benzene rings is 1. The average Bonchev–Trinajstić information content (AvgIpc) is 2.85. The fourth-order valence-corrected chi connectivity index (χ4v) is 3.31. The number of hydrogen-bond donors (Lipinski definition) is 2. The molecule has 1 atom stereocenters. The van der Waals surface area contributed by atoms with E-state index in [-0.39, 0.29) is 30.8 Å². The Labute approximate surface area is 139 Å². The van der Waals surface area contributed by atoms with Crippen molar-refractivity contribution < 1.29 is 19.0 Å². The van der Waals surface area contributed by atoms with E-state index >= 15 is 0 Å². The number of carbonyl (C=O) groups is 1. The molecular weight excluding hydrogens is 317 g/mol. The Hall–Kier alpha value is -1.50. The molecule has 0 spiro atoms. The highest BCUT2D eigenvalue weighted by molar-refractivity contribution is 7.21. The molecule has 2 N–H and O–H groups in total. The number of ether oxygens (including phenoxy) is 1. The Morgan fingerprint density at radius 3 is 2.78 bits per heavy atom. The molecule has 6 heteroatoms. The zero-order valence-electron chi connectivity index (χ0n) is 13.8. The quantitative estimate of drug-likeness (QED) is 0.849. The molecule has 1 heterocycles. The average molecular weight is 339 g/mol. The summed E-state index contributed by atoms with van der Waals surface area (Å²) in [6.45, 7) is 5.74. The van der Waals surface area contributed by atoms with Crippen LogP contribution in [0.1, 0.15) is 36.0 Å². The van der Waals surface area contributed by atoms with E-state index in [1.807, 2.05) is 13.8 Å². The Kier molecular flexibility index (Phi) is 5.39. The van der Waals surface area contributed by atoms with E-state index in [4.69, 9.17) is 4.74 Å². The molecular formula is C17H22FNO3S. The van der Waals surface area contributed by atoms with E-state index in [2.05, 4.69) is 5.32 Å². The van der Waals surface area contributed by atoms with Crippen molar-refractivity contribution in [1.82, 2.24) is 5.32 Å². The maximum Gasteiger partial charge on any atom is 0.261 e. The lowest BCUT2D eigenvalue weighted by atomic mass is 9.92. The van der Waals surface area contributed by atoms with Gasteiger partial charge in [-0.25, -0.2) is 4.39 Å². The number of thiophene rings is 1. The smallest absolute Gasteiger partial charge is 0.261 e. The van der Waals surface area contributed by atoms with Gasteiger partial charge in [0.25, 0.3) is 5.91 Å². The monoisotopic (exact) mass is 339 g/mol. The molecule has 4 nitrogen and oxygen atoms in total. The number of aliphatic hydroxyl groups is 1. The highest BCUT2D eigenvalue weighted by Gasteiger charge is 2.27. The molecule has 2 aromatic rings. The molecule has 0 fully saturated rings. The SMILES string of the molecule is COCc1c(C(=O)NCC(C)(O)C(C)C)sc2cccc(F)c12. The third-order valence-electron chi connectivity index (χ3n) is 4.11. The topological polar surface area (TPSA) is 58.6 Å². The zero-order chi connectivity index (χ0) is 17.2. The second-order valence-corrected chi connectivity index (χ2v) is 7.20. The maximum atomic E-state index is 14.1. The van der Waals surface area contributed by atoms with Gasteiger partial charge in [0.15, 0.2) is 0 Å². The van der Waals surface area contributed by atoms with Crippen LogP contribution in [0.4, 0.5) is 4.39 Å². The fourth-order valence-electron chi connectivity index (χ4n) is 2.18. The van der Waals surface area contributed by atoms with Gasteiger partial charge in [0.05, 0.1) is 17.1 Å². The maximum absolute atomic E-state index is 14.1. The molecule has 0 aliphatic carbocycles. The minimum Gasteiger partial charge on any atom is -0.388 e. The number of rotatable bonds is 6. The molecule has 2 rings (SSSR count). The van der Waals surface area contributed by atoms with E-state index in [1.54, 1.807) is 19.1 Å². The molecule has 0 radical (unpaired) electrons. The van der Waals surface area contributed by atoms with Crippen LogP contribution in [0, 0.1) is 11.7 Å². The lowest BCUT2D eigenvalue weighted by molar-refractivity contribution is 0.0142. The first-order valence-corrected chi connectivity index (χ1v) is 8.29. The number of nitrogens with one attached hydrogen (secondary N) is 1. The van der Waals surface area contributed by atoms with Gasteiger partial charge >= 0.3 is 0 Å². The largest absolute Gasteiger partial charge is 0.388 e. The first-order valence-electron chi connectivity index (χ1n) is 7.47. The van der Waals surface area contributed by atoms with Crippen molar-refractivity contribution in [2.75, 3.05) is 13.7 Å². The van der Waals surface area contributed by atoms with Crippen LogP contribution in [-0.2, 0) is 11.3 Å². The Morgan fingerprint density at radius 2 is 2.17 bits per heavy atom. The summed E-state index contributed by atoms with van der Waals surface area (Å²) < 4.78 is 19.9. The molecule has 23 heavy (non-hydrogen) atoms. The summed E-state index contributed by atoms with van der Waals surface area (Å²) in [7, 11) is 1.51. The summed E-state index contributed by atoms with van der Waals surface area (Å²) in [5.41, 5.74) is -0.453. The zero-order valence-corrected chi connectivity index (χ0v) is 14.6. The van der Waals surface area contributed by atoms with Gasteiger partial charge in [0.1, 0.15) is 5.82 Å². The number of hydrogen-bond acceptors (Lipinski definition) is 4. The van der Waals surface area contributed by atoms with Crippen molar-refractivity contribution in [2.24, 2.45) is 5.92 Å². The molecule has 1 aromatic carbocycles. The van der Waals surface area contributed by atoms with E-state index in [0.717, 1.165) is 0 Å². The third-order valence-corrected chi connectivity index (χ3v) is 5.30. The van der Waals surface area contributed by atoms with E-state index in [1.165, 1.54) is 24.5 Å². The third kappa shape index (κ3) is 3.71. The van der Waals surface area contributed by atoms with Crippen LogP contribution in [-0.4, -0.2) is 30.3 Å². The summed E-state index contributed by atoms with van der Waals surface area (Å²) >= 11 is 1.23. The van der Waals surface area contributed by atoms with Gasteiger partial charge in [-0.05, 0) is 25.0 Å². The predicted molar refractivity (Wildman–Crippen MR) is 90.3 cm³/mol. The van der Waals surface area contributed by atoms with Gasteiger partial charge in [-0.15, -0.1) is 11.3 Å². The summed E-state index contributed by atoms with van der Waals surface area (Å²) in [6.07, 6.45) is 0. The summed E-state index contributed by atoms with van der Waals surface area (Å²) in [6, 6.07) is 4.78. The van der Waals surface area contributed by atoms with Gasteiger partial charge in [-0.3, -0.25) is 4.79 Å². The molecule has 0 saturated carbocycles. The van der Waals surface area contributed by atoms with Crippen LogP contribution in [0.5, 0.6) is 0 Å². The first kappa shape index (κ1) is 17.8. The highest BCUT2D eigenvalue weighted by Crippen LogP contribution is 2.33. The lowest BCUT2D eigenvalue weighted by Gasteiger charge is -2.27.